The first-order valence-corrected chi connectivity index (χ1v) is 7.77. The minimum atomic E-state index is -0.252. The molecule has 1 fully saturated rings. The molecule has 22 heavy (non-hydrogen) atoms. The predicted octanol–water partition coefficient (Wildman–Crippen LogP) is 2.94. The van der Waals surface area contributed by atoms with Crippen LogP contribution in [0.15, 0.2) is 18.2 Å². The molecule has 1 atom stereocenters. The zero-order chi connectivity index (χ0) is 16.1. The number of benzene rings is 1. The Bertz CT molecular complexity index is 562. The summed E-state index contributed by atoms with van der Waals surface area (Å²) in [6, 6.07) is 5.03. The quantitative estimate of drug-likeness (QED) is 0.926. The number of nitrogens with zero attached hydrogens (tertiary/aromatic N) is 1. The summed E-state index contributed by atoms with van der Waals surface area (Å²) in [6.07, 6.45) is 2.89. The Hall–Kier alpha value is -1.75. The van der Waals surface area contributed by atoms with Crippen molar-refractivity contribution in [2.45, 2.75) is 25.7 Å². The first-order chi connectivity index (χ1) is 10.5. The molecule has 6 heteroatoms. The Morgan fingerprint density at radius 3 is 2.95 bits per heavy atom. The standard InChI is InChI=1S/C16H21ClN2O3/c1-19-8-4-3-5-11(16(19)21)9-15(20)18-13-10-12(17)6-7-14(13)22-2/h6-7,10-11H,3-5,8-9H2,1-2H3,(H,18,20)/t11-/m1/s1. The fraction of sp³-hybridized carbons (Fsp3) is 0.500. The van der Waals surface area contributed by atoms with Crippen molar-refractivity contribution in [3.8, 4) is 5.75 Å². The van der Waals surface area contributed by atoms with Crippen LogP contribution in [0.1, 0.15) is 25.7 Å². The van der Waals surface area contributed by atoms with Crippen molar-refractivity contribution in [2.24, 2.45) is 5.92 Å². The molecule has 120 valence electrons. The largest absolute Gasteiger partial charge is 0.495 e. The molecule has 0 bridgehead atoms. The van der Waals surface area contributed by atoms with Gasteiger partial charge in [0.25, 0.3) is 0 Å². The number of hydrogen-bond acceptors (Lipinski definition) is 3. The number of nitrogens with one attached hydrogen (secondary N) is 1. The molecule has 0 unspecified atom stereocenters. The van der Waals surface area contributed by atoms with Crippen molar-refractivity contribution >= 4 is 29.1 Å². The van der Waals surface area contributed by atoms with Gasteiger partial charge in [-0.25, -0.2) is 0 Å². The van der Waals surface area contributed by atoms with Crippen molar-refractivity contribution < 1.29 is 14.3 Å². The number of carbonyl (C=O) groups is 2. The number of likely N-dealkylation sites (tertiary alicyclic amines) is 1. The average molecular weight is 325 g/mol. The third-order valence-corrected chi connectivity index (χ3v) is 4.12. The van der Waals surface area contributed by atoms with Gasteiger partial charge in [0.15, 0.2) is 0 Å². The molecule has 2 rings (SSSR count). The van der Waals surface area contributed by atoms with Crippen molar-refractivity contribution in [2.75, 3.05) is 26.0 Å². The monoisotopic (exact) mass is 324 g/mol. The van der Waals surface area contributed by atoms with E-state index >= 15 is 0 Å². The molecular weight excluding hydrogens is 304 g/mol. The molecule has 1 aliphatic rings. The van der Waals surface area contributed by atoms with Crippen LogP contribution in [0.4, 0.5) is 5.69 Å². The van der Waals surface area contributed by atoms with Gasteiger partial charge < -0.3 is 15.0 Å². The number of carbonyl (C=O) groups excluding carboxylic acids is 2. The second kappa shape index (κ2) is 7.49. The normalized spacial score (nSPS) is 18.8. The van der Waals surface area contributed by atoms with Crippen LogP contribution in [-0.2, 0) is 9.59 Å². The molecule has 1 N–H and O–H groups in total. The lowest BCUT2D eigenvalue weighted by Gasteiger charge is -2.19. The zero-order valence-corrected chi connectivity index (χ0v) is 13.7. The van der Waals surface area contributed by atoms with Gasteiger partial charge in [0, 0.05) is 31.0 Å². The highest BCUT2D eigenvalue weighted by Crippen LogP contribution is 2.28. The number of amides is 2. The van der Waals surface area contributed by atoms with Gasteiger partial charge in [-0.15, -0.1) is 0 Å². The summed E-state index contributed by atoms with van der Waals surface area (Å²) in [4.78, 5) is 26.2. The van der Waals surface area contributed by atoms with Crippen LogP contribution in [-0.4, -0.2) is 37.4 Å². The SMILES string of the molecule is COc1ccc(Cl)cc1NC(=O)C[C@H]1CCCCN(C)C1=O. The topological polar surface area (TPSA) is 58.6 Å². The van der Waals surface area contributed by atoms with Crippen LogP contribution in [0.3, 0.4) is 0 Å². The van der Waals surface area contributed by atoms with Gasteiger partial charge in [-0.2, -0.15) is 0 Å². The minimum absolute atomic E-state index is 0.0470. The van der Waals surface area contributed by atoms with Crippen LogP contribution in [0.25, 0.3) is 0 Å². The third kappa shape index (κ3) is 4.13. The van der Waals surface area contributed by atoms with E-state index in [1.54, 1.807) is 30.1 Å². The molecule has 0 radical (unpaired) electrons. The maximum absolute atomic E-state index is 12.2. The van der Waals surface area contributed by atoms with Crippen LogP contribution >= 0.6 is 11.6 Å². The van der Waals surface area contributed by atoms with Gasteiger partial charge >= 0.3 is 0 Å². The molecule has 1 heterocycles. The lowest BCUT2D eigenvalue weighted by Crippen LogP contribution is -2.33. The number of hydrogen-bond donors (Lipinski definition) is 1. The summed E-state index contributed by atoms with van der Waals surface area (Å²) in [5.74, 6) is 0.139. The number of ether oxygens (including phenoxy) is 1. The molecule has 1 aromatic carbocycles. The van der Waals surface area contributed by atoms with Crippen LogP contribution in [0, 0.1) is 5.92 Å². The van der Waals surface area contributed by atoms with Crippen molar-refractivity contribution in [1.29, 1.82) is 0 Å². The third-order valence-electron chi connectivity index (χ3n) is 3.89. The highest BCUT2D eigenvalue weighted by atomic mass is 35.5. The van der Waals surface area contributed by atoms with Gasteiger partial charge in [0.1, 0.15) is 5.75 Å². The van der Waals surface area contributed by atoms with E-state index in [9.17, 15) is 9.59 Å². The number of halogens is 1. The lowest BCUT2D eigenvalue weighted by molar-refractivity contribution is -0.135. The minimum Gasteiger partial charge on any atom is -0.495 e. The van der Waals surface area contributed by atoms with Crippen LogP contribution in [0.5, 0.6) is 5.75 Å². The Kier molecular flexibility index (Phi) is 5.66. The average Bonchev–Trinajstić information content (AvgIpc) is 2.63. The van der Waals surface area contributed by atoms with Crippen molar-refractivity contribution in [3.05, 3.63) is 23.2 Å². The summed E-state index contributed by atoms with van der Waals surface area (Å²) in [5.41, 5.74) is 0.523. The van der Waals surface area contributed by atoms with E-state index in [1.165, 1.54) is 7.11 Å². The van der Waals surface area contributed by atoms with Crippen LogP contribution in [0.2, 0.25) is 5.02 Å². The highest BCUT2D eigenvalue weighted by Gasteiger charge is 2.27. The van der Waals surface area contributed by atoms with Crippen molar-refractivity contribution in [1.82, 2.24) is 4.90 Å². The maximum Gasteiger partial charge on any atom is 0.225 e. The number of anilines is 1. The summed E-state index contributed by atoms with van der Waals surface area (Å²) in [6.45, 7) is 0.763. The van der Waals surface area contributed by atoms with Gasteiger partial charge in [0.2, 0.25) is 11.8 Å². The van der Waals surface area contributed by atoms with E-state index in [-0.39, 0.29) is 24.2 Å². The fourth-order valence-electron chi connectivity index (χ4n) is 2.68. The summed E-state index contributed by atoms with van der Waals surface area (Å²) in [5, 5.41) is 3.30. The van der Waals surface area contributed by atoms with E-state index in [2.05, 4.69) is 5.32 Å². The molecule has 0 aromatic heterocycles. The Balaban J connectivity index is 2.03. The Morgan fingerprint density at radius 2 is 2.23 bits per heavy atom. The summed E-state index contributed by atoms with van der Waals surface area (Å²) >= 11 is 5.95. The molecular formula is C16H21ClN2O3. The molecule has 5 nitrogen and oxygen atoms in total. The van der Waals surface area contributed by atoms with E-state index in [0.29, 0.717) is 16.5 Å². The zero-order valence-electron chi connectivity index (χ0n) is 12.9. The predicted molar refractivity (Wildman–Crippen MR) is 86.2 cm³/mol. The Morgan fingerprint density at radius 1 is 1.45 bits per heavy atom. The lowest BCUT2D eigenvalue weighted by atomic mass is 9.98. The molecule has 1 saturated heterocycles. The van der Waals surface area contributed by atoms with E-state index in [4.69, 9.17) is 16.3 Å². The van der Waals surface area contributed by atoms with Gasteiger partial charge in [0.05, 0.1) is 12.8 Å². The number of rotatable bonds is 4. The van der Waals surface area contributed by atoms with Gasteiger partial charge in [-0.1, -0.05) is 18.0 Å². The van der Waals surface area contributed by atoms with E-state index < -0.39 is 0 Å². The molecule has 1 aliphatic heterocycles. The van der Waals surface area contributed by atoms with Crippen molar-refractivity contribution in [3.63, 3.8) is 0 Å². The van der Waals surface area contributed by atoms with Crippen LogP contribution < -0.4 is 10.1 Å². The smallest absolute Gasteiger partial charge is 0.225 e. The van der Waals surface area contributed by atoms with E-state index in [0.717, 1.165) is 25.8 Å². The summed E-state index contributed by atoms with van der Waals surface area (Å²) in [7, 11) is 3.32. The fourth-order valence-corrected chi connectivity index (χ4v) is 2.85. The number of methoxy groups -OCH3 is 1. The molecule has 0 aliphatic carbocycles. The maximum atomic E-state index is 12.2. The Labute approximate surface area is 135 Å². The summed E-state index contributed by atoms with van der Waals surface area (Å²) < 4.78 is 5.20. The first kappa shape index (κ1) is 16.6. The van der Waals surface area contributed by atoms with E-state index in [1.807, 2.05) is 0 Å². The highest BCUT2D eigenvalue weighted by molar-refractivity contribution is 6.31. The van der Waals surface area contributed by atoms with Gasteiger partial charge in [-0.05, 0) is 31.0 Å². The molecule has 1 aromatic rings. The first-order valence-electron chi connectivity index (χ1n) is 7.39. The molecule has 2 amide bonds. The second-order valence-electron chi connectivity index (χ2n) is 5.55. The molecule has 0 saturated carbocycles. The second-order valence-corrected chi connectivity index (χ2v) is 5.99. The van der Waals surface area contributed by atoms with Gasteiger partial charge in [-0.3, -0.25) is 9.59 Å². The molecule has 0 spiro atoms.